The zero-order chi connectivity index (χ0) is 19.2. The van der Waals surface area contributed by atoms with E-state index in [1.54, 1.807) is 0 Å². The highest BCUT2D eigenvalue weighted by atomic mass is 79.9. The van der Waals surface area contributed by atoms with E-state index in [1.807, 2.05) is 38.6 Å². The van der Waals surface area contributed by atoms with Gasteiger partial charge in [-0.3, -0.25) is 0 Å². The molecule has 0 saturated heterocycles. The summed E-state index contributed by atoms with van der Waals surface area (Å²) in [5.41, 5.74) is 5.39. The maximum atomic E-state index is 9.20. The molecule has 3 rings (SSSR count). The predicted molar refractivity (Wildman–Crippen MR) is 113 cm³/mol. The molecule has 0 N–H and O–H groups in total. The van der Waals surface area contributed by atoms with E-state index in [9.17, 15) is 5.26 Å². The molecule has 0 fully saturated rings. The van der Waals surface area contributed by atoms with Crippen LogP contribution in [0.15, 0.2) is 59.5 Å². The van der Waals surface area contributed by atoms with Gasteiger partial charge >= 0.3 is 0 Å². The minimum atomic E-state index is 0.731. The van der Waals surface area contributed by atoms with E-state index in [0.717, 1.165) is 47.2 Å². The molecule has 0 radical (unpaired) electrons. The molecular formula is C22H23BrN4. The number of nitrogens with zero attached hydrogens (tertiary/aromatic N) is 4. The highest BCUT2D eigenvalue weighted by molar-refractivity contribution is 9.10. The SMILES string of the molecule is Cc1cc(N(CCCc2ccc(Br)cc2)Cc2cncn2C)ccc1C#N. The second kappa shape index (κ2) is 8.88. The van der Waals surface area contributed by atoms with E-state index in [2.05, 4.69) is 66.8 Å². The summed E-state index contributed by atoms with van der Waals surface area (Å²) in [6, 6.07) is 16.8. The third-order valence-electron chi connectivity index (χ3n) is 4.77. The van der Waals surface area contributed by atoms with Crippen molar-refractivity contribution in [2.45, 2.75) is 26.3 Å². The topological polar surface area (TPSA) is 44.9 Å². The molecule has 0 aliphatic heterocycles. The molecule has 0 amide bonds. The summed E-state index contributed by atoms with van der Waals surface area (Å²) < 4.78 is 3.16. The summed E-state index contributed by atoms with van der Waals surface area (Å²) in [6.07, 6.45) is 5.83. The minimum absolute atomic E-state index is 0.731. The van der Waals surface area contributed by atoms with Gasteiger partial charge in [0.2, 0.25) is 0 Å². The smallest absolute Gasteiger partial charge is 0.0994 e. The number of benzene rings is 2. The fourth-order valence-corrected chi connectivity index (χ4v) is 3.39. The second-order valence-electron chi connectivity index (χ2n) is 6.76. The molecule has 0 unspecified atom stereocenters. The van der Waals surface area contributed by atoms with Gasteiger partial charge < -0.3 is 9.47 Å². The van der Waals surface area contributed by atoms with Crippen LogP contribution in [0.1, 0.15) is 28.8 Å². The van der Waals surface area contributed by atoms with Crippen molar-refractivity contribution in [3.05, 3.63) is 81.8 Å². The third-order valence-corrected chi connectivity index (χ3v) is 5.30. The molecule has 0 saturated carbocycles. The second-order valence-corrected chi connectivity index (χ2v) is 7.67. The molecule has 5 heteroatoms. The van der Waals surface area contributed by atoms with E-state index >= 15 is 0 Å². The lowest BCUT2D eigenvalue weighted by Crippen LogP contribution is -2.25. The molecule has 4 nitrogen and oxygen atoms in total. The Balaban J connectivity index is 1.75. The van der Waals surface area contributed by atoms with Gasteiger partial charge in [0.1, 0.15) is 0 Å². The fraction of sp³-hybridized carbons (Fsp3) is 0.273. The zero-order valence-corrected chi connectivity index (χ0v) is 17.3. The molecule has 2 aromatic carbocycles. The monoisotopic (exact) mass is 422 g/mol. The summed E-state index contributed by atoms with van der Waals surface area (Å²) in [6.45, 7) is 3.72. The van der Waals surface area contributed by atoms with Crippen LogP contribution in [-0.2, 0) is 20.0 Å². The van der Waals surface area contributed by atoms with Crippen molar-refractivity contribution in [3.8, 4) is 6.07 Å². The lowest BCUT2D eigenvalue weighted by molar-refractivity contribution is 0.698. The van der Waals surface area contributed by atoms with Gasteiger partial charge in [-0.25, -0.2) is 4.98 Å². The number of aromatic nitrogens is 2. The van der Waals surface area contributed by atoms with Crippen molar-refractivity contribution in [2.24, 2.45) is 7.05 Å². The van der Waals surface area contributed by atoms with E-state index in [4.69, 9.17) is 0 Å². The summed E-state index contributed by atoms with van der Waals surface area (Å²) in [5.74, 6) is 0. The Morgan fingerprint density at radius 3 is 2.59 bits per heavy atom. The van der Waals surface area contributed by atoms with Crippen molar-refractivity contribution in [1.82, 2.24) is 9.55 Å². The minimum Gasteiger partial charge on any atom is -0.366 e. The quantitative estimate of drug-likeness (QED) is 0.537. The largest absolute Gasteiger partial charge is 0.366 e. The van der Waals surface area contributed by atoms with Crippen molar-refractivity contribution >= 4 is 21.6 Å². The Hall–Kier alpha value is -2.58. The fourth-order valence-electron chi connectivity index (χ4n) is 3.13. The number of halogens is 1. The van der Waals surface area contributed by atoms with Crippen LogP contribution in [0.3, 0.4) is 0 Å². The molecule has 0 bridgehead atoms. The molecule has 3 aromatic rings. The van der Waals surface area contributed by atoms with Crippen molar-refractivity contribution in [1.29, 1.82) is 5.26 Å². The lowest BCUT2D eigenvalue weighted by Gasteiger charge is -2.25. The first-order valence-electron chi connectivity index (χ1n) is 9.02. The van der Waals surface area contributed by atoms with Gasteiger partial charge in [0.15, 0.2) is 0 Å². The van der Waals surface area contributed by atoms with Crippen molar-refractivity contribution < 1.29 is 0 Å². The standard InChI is InChI=1S/C22H23BrN4/c1-17-12-21(10-7-19(17)13-24)27(15-22-14-25-16-26(22)2)11-3-4-18-5-8-20(23)9-6-18/h5-10,12,14,16H,3-4,11,15H2,1-2H3. The molecule has 0 aliphatic carbocycles. The van der Waals surface area contributed by atoms with Gasteiger partial charge in [-0.05, 0) is 61.2 Å². The molecule has 0 aliphatic rings. The number of hydrogen-bond acceptors (Lipinski definition) is 3. The normalized spacial score (nSPS) is 10.6. The van der Waals surface area contributed by atoms with Gasteiger partial charge in [-0.15, -0.1) is 0 Å². The van der Waals surface area contributed by atoms with Crippen LogP contribution in [0.5, 0.6) is 0 Å². The van der Waals surface area contributed by atoms with Gasteiger partial charge in [0, 0.05) is 29.9 Å². The van der Waals surface area contributed by atoms with E-state index < -0.39 is 0 Å². The average molecular weight is 423 g/mol. The molecule has 27 heavy (non-hydrogen) atoms. The Kier molecular flexibility index (Phi) is 6.31. The first-order chi connectivity index (χ1) is 13.1. The molecule has 0 spiro atoms. The van der Waals surface area contributed by atoms with E-state index in [-0.39, 0.29) is 0 Å². The zero-order valence-electron chi connectivity index (χ0n) is 15.7. The summed E-state index contributed by atoms with van der Waals surface area (Å²) in [5, 5.41) is 9.20. The van der Waals surface area contributed by atoms with E-state index in [0.29, 0.717) is 0 Å². The third kappa shape index (κ3) is 4.99. The van der Waals surface area contributed by atoms with E-state index in [1.165, 1.54) is 11.3 Å². The first-order valence-corrected chi connectivity index (χ1v) is 9.81. The average Bonchev–Trinajstić information content (AvgIpc) is 3.07. The number of hydrogen-bond donors (Lipinski definition) is 0. The predicted octanol–water partition coefficient (Wildman–Crippen LogP) is 5.00. The van der Waals surface area contributed by atoms with Crippen LogP contribution in [0.4, 0.5) is 5.69 Å². The number of imidazole rings is 1. The molecular weight excluding hydrogens is 400 g/mol. The van der Waals surface area contributed by atoms with Crippen LogP contribution in [0.25, 0.3) is 0 Å². The van der Waals surface area contributed by atoms with Crippen LogP contribution in [0, 0.1) is 18.3 Å². The number of nitriles is 1. The van der Waals surface area contributed by atoms with Crippen molar-refractivity contribution in [3.63, 3.8) is 0 Å². The molecule has 0 atom stereocenters. The van der Waals surface area contributed by atoms with Crippen LogP contribution < -0.4 is 4.90 Å². The van der Waals surface area contributed by atoms with Gasteiger partial charge in [-0.1, -0.05) is 28.1 Å². The van der Waals surface area contributed by atoms with Crippen molar-refractivity contribution in [2.75, 3.05) is 11.4 Å². The number of anilines is 1. The van der Waals surface area contributed by atoms with Gasteiger partial charge in [0.05, 0.1) is 30.2 Å². The maximum Gasteiger partial charge on any atom is 0.0994 e. The van der Waals surface area contributed by atoms with Crippen LogP contribution in [0.2, 0.25) is 0 Å². The number of aryl methyl sites for hydroxylation is 3. The summed E-state index contributed by atoms with van der Waals surface area (Å²) >= 11 is 3.49. The Morgan fingerprint density at radius 2 is 1.96 bits per heavy atom. The highest BCUT2D eigenvalue weighted by Crippen LogP contribution is 2.22. The molecule has 1 aromatic heterocycles. The highest BCUT2D eigenvalue weighted by Gasteiger charge is 2.11. The molecule has 1 heterocycles. The van der Waals surface area contributed by atoms with Crippen LogP contribution in [-0.4, -0.2) is 16.1 Å². The Labute approximate surface area is 169 Å². The van der Waals surface area contributed by atoms with Crippen LogP contribution >= 0.6 is 15.9 Å². The molecule has 138 valence electrons. The number of rotatable bonds is 7. The first kappa shape index (κ1) is 19.2. The lowest BCUT2D eigenvalue weighted by atomic mass is 10.1. The van der Waals surface area contributed by atoms with Gasteiger partial charge in [-0.2, -0.15) is 5.26 Å². The Bertz CT molecular complexity index is 938. The maximum absolute atomic E-state index is 9.20. The Morgan fingerprint density at radius 1 is 1.19 bits per heavy atom. The summed E-state index contributed by atoms with van der Waals surface area (Å²) in [4.78, 5) is 6.60. The van der Waals surface area contributed by atoms with Gasteiger partial charge in [0.25, 0.3) is 0 Å². The summed E-state index contributed by atoms with van der Waals surface area (Å²) in [7, 11) is 2.02.